The average Bonchev–Trinajstić information content (AvgIpc) is 2.13. The van der Waals surface area contributed by atoms with Gasteiger partial charge in [-0.25, -0.2) is 0 Å². The molecule has 0 N–H and O–H groups in total. The predicted molar refractivity (Wildman–Crippen MR) is 36.3 cm³/mol. The summed E-state index contributed by atoms with van der Waals surface area (Å²) in [5.41, 5.74) is -0.125. The SMILES string of the molecule is C[C@@H](Cl)N1CCCC1=O. The molecule has 0 unspecified atom stereocenters. The molecule has 0 saturated carbocycles. The van der Waals surface area contributed by atoms with Gasteiger partial charge in [0.15, 0.2) is 0 Å². The molecule has 1 amide bonds. The standard InChI is InChI=1S/C6H10ClNO/c1-5(7)8-4-2-3-6(8)9/h5H,2-4H2,1H3/t5-/m0/s1. The summed E-state index contributed by atoms with van der Waals surface area (Å²) >= 11 is 5.68. The summed E-state index contributed by atoms with van der Waals surface area (Å²) in [6.07, 6.45) is 1.65. The fourth-order valence-corrected chi connectivity index (χ4v) is 1.25. The monoisotopic (exact) mass is 147 g/mol. The first-order valence-corrected chi connectivity index (χ1v) is 3.59. The molecule has 1 aliphatic heterocycles. The molecule has 3 heteroatoms. The topological polar surface area (TPSA) is 20.3 Å². The third-order valence-electron chi connectivity index (χ3n) is 1.54. The molecular formula is C6H10ClNO. The highest BCUT2D eigenvalue weighted by atomic mass is 35.5. The predicted octanol–water partition coefficient (Wildman–Crippen LogP) is 1.19. The lowest BCUT2D eigenvalue weighted by atomic mass is 10.4. The second-order valence-electron chi connectivity index (χ2n) is 2.26. The zero-order valence-electron chi connectivity index (χ0n) is 5.43. The summed E-state index contributed by atoms with van der Waals surface area (Å²) < 4.78 is 0. The number of carbonyl (C=O) groups is 1. The van der Waals surface area contributed by atoms with Crippen LogP contribution in [0, 0.1) is 0 Å². The number of rotatable bonds is 1. The Morgan fingerprint density at radius 2 is 2.44 bits per heavy atom. The van der Waals surface area contributed by atoms with E-state index in [1.807, 2.05) is 6.92 Å². The molecule has 0 aromatic carbocycles. The van der Waals surface area contributed by atoms with Gasteiger partial charge in [0.05, 0.1) is 0 Å². The van der Waals surface area contributed by atoms with E-state index in [0.29, 0.717) is 6.42 Å². The van der Waals surface area contributed by atoms with Gasteiger partial charge in [-0.05, 0) is 13.3 Å². The normalized spacial score (nSPS) is 22.9. The van der Waals surface area contributed by atoms with Crippen LogP contribution in [0.2, 0.25) is 0 Å². The molecule has 0 aromatic rings. The Kier molecular flexibility index (Phi) is 1.96. The van der Waals surface area contributed by atoms with Crippen molar-refractivity contribution in [1.29, 1.82) is 0 Å². The molecule has 0 spiro atoms. The van der Waals surface area contributed by atoms with Crippen molar-refractivity contribution < 1.29 is 4.79 Å². The first-order chi connectivity index (χ1) is 4.22. The molecule has 0 aliphatic carbocycles. The summed E-state index contributed by atoms with van der Waals surface area (Å²) in [5.74, 6) is 0.192. The van der Waals surface area contributed by atoms with Crippen LogP contribution in [0.5, 0.6) is 0 Å². The van der Waals surface area contributed by atoms with Gasteiger partial charge in [0.2, 0.25) is 5.91 Å². The molecule has 1 heterocycles. The van der Waals surface area contributed by atoms with Crippen LogP contribution in [-0.2, 0) is 4.79 Å². The molecule has 1 rings (SSSR count). The van der Waals surface area contributed by atoms with Gasteiger partial charge >= 0.3 is 0 Å². The fraction of sp³-hybridized carbons (Fsp3) is 0.833. The molecule has 0 bridgehead atoms. The Morgan fingerprint density at radius 1 is 1.78 bits per heavy atom. The van der Waals surface area contributed by atoms with Crippen LogP contribution in [0.4, 0.5) is 0 Å². The van der Waals surface area contributed by atoms with Crippen molar-refractivity contribution in [3.8, 4) is 0 Å². The van der Waals surface area contributed by atoms with Crippen molar-refractivity contribution >= 4 is 17.5 Å². The molecule has 0 aromatic heterocycles. The van der Waals surface area contributed by atoms with E-state index in [4.69, 9.17) is 11.6 Å². The van der Waals surface area contributed by atoms with E-state index >= 15 is 0 Å². The van der Waals surface area contributed by atoms with Crippen LogP contribution in [0.15, 0.2) is 0 Å². The quantitative estimate of drug-likeness (QED) is 0.403. The van der Waals surface area contributed by atoms with Gasteiger partial charge in [-0.1, -0.05) is 11.6 Å². The van der Waals surface area contributed by atoms with Gasteiger partial charge < -0.3 is 4.90 Å². The Hall–Kier alpha value is -0.240. The van der Waals surface area contributed by atoms with E-state index in [1.54, 1.807) is 4.90 Å². The van der Waals surface area contributed by atoms with Crippen LogP contribution in [0.1, 0.15) is 19.8 Å². The molecule has 9 heavy (non-hydrogen) atoms. The molecule has 1 fully saturated rings. The number of hydrogen-bond acceptors (Lipinski definition) is 1. The van der Waals surface area contributed by atoms with Crippen molar-refractivity contribution in [2.24, 2.45) is 0 Å². The molecule has 1 aliphatic rings. The van der Waals surface area contributed by atoms with Crippen molar-refractivity contribution in [3.63, 3.8) is 0 Å². The van der Waals surface area contributed by atoms with E-state index < -0.39 is 0 Å². The van der Waals surface area contributed by atoms with Gasteiger partial charge in [-0.3, -0.25) is 4.79 Å². The molecule has 52 valence electrons. The van der Waals surface area contributed by atoms with Gasteiger partial charge in [0, 0.05) is 13.0 Å². The van der Waals surface area contributed by atoms with Gasteiger partial charge in [-0.15, -0.1) is 0 Å². The largest absolute Gasteiger partial charge is 0.327 e. The summed E-state index contributed by atoms with van der Waals surface area (Å²) in [7, 11) is 0. The van der Waals surface area contributed by atoms with Crippen LogP contribution >= 0.6 is 11.6 Å². The lowest BCUT2D eigenvalue weighted by Gasteiger charge is -2.17. The Labute approximate surface area is 59.8 Å². The van der Waals surface area contributed by atoms with Gasteiger partial charge in [0.25, 0.3) is 0 Å². The van der Waals surface area contributed by atoms with Crippen LogP contribution in [0.25, 0.3) is 0 Å². The smallest absolute Gasteiger partial charge is 0.223 e. The van der Waals surface area contributed by atoms with Crippen molar-refractivity contribution in [2.75, 3.05) is 6.54 Å². The van der Waals surface area contributed by atoms with E-state index in [-0.39, 0.29) is 11.4 Å². The minimum absolute atomic E-state index is 0.125. The van der Waals surface area contributed by atoms with Gasteiger partial charge in [0.1, 0.15) is 5.50 Å². The zero-order chi connectivity index (χ0) is 6.85. The van der Waals surface area contributed by atoms with E-state index in [9.17, 15) is 4.79 Å². The highest BCUT2D eigenvalue weighted by Crippen LogP contribution is 2.14. The van der Waals surface area contributed by atoms with Crippen LogP contribution in [0.3, 0.4) is 0 Å². The summed E-state index contributed by atoms with van der Waals surface area (Å²) in [5, 5.41) is 0. The first-order valence-electron chi connectivity index (χ1n) is 3.15. The molecule has 2 nitrogen and oxygen atoms in total. The van der Waals surface area contributed by atoms with Crippen molar-refractivity contribution in [3.05, 3.63) is 0 Å². The number of alkyl halides is 1. The minimum Gasteiger partial charge on any atom is -0.327 e. The third kappa shape index (κ3) is 1.36. The first kappa shape index (κ1) is 6.87. The summed E-state index contributed by atoms with van der Waals surface area (Å²) in [4.78, 5) is 12.6. The number of hydrogen-bond donors (Lipinski definition) is 0. The number of nitrogens with zero attached hydrogens (tertiary/aromatic N) is 1. The molecule has 1 saturated heterocycles. The average molecular weight is 148 g/mol. The van der Waals surface area contributed by atoms with Gasteiger partial charge in [-0.2, -0.15) is 0 Å². The maximum Gasteiger partial charge on any atom is 0.223 e. The number of carbonyl (C=O) groups excluding carboxylic acids is 1. The van der Waals surface area contributed by atoms with E-state index in [1.165, 1.54) is 0 Å². The zero-order valence-corrected chi connectivity index (χ0v) is 6.19. The van der Waals surface area contributed by atoms with E-state index in [2.05, 4.69) is 0 Å². The number of amides is 1. The second-order valence-corrected chi connectivity index (χ2v) is 2.90. The maximum atomic E-state index is 10.9. The Bertz CT molecular complexity index is 124. The fourth-order valence-electron chi connectivity index (χ4n) is 1.05. The van der Waals surface area contributed by atoms with Crippen molar-refractivity contribution in [1.82, 2.24) is 4.90 Å². The summed E-state index contributed by atoms with van der Waals surface area (Å²) in [6, 6.07) is 0. The highest BCUT2D eigenvalue weighted by molar-refractivity contribution is 6.21. The highest BCUT2D eigenvalue weighted by Gasteiger charge is 2.22. The van der Waals surface area contributed by atoms with Crippen LogP contribution in [-0.4, -0.2) is 22.9 Å². The van der Waals surface area contributed by atoms with Crippen LogP contribution < -0.4 is 0 Å². The minimum atomic E-state index is -0.125. The molecule has 1 atom stereocenters. The molecule has 0 radical (unpaired) electrons. The lowest BCUT2D eigenvalue weighted by Crippen LogP contribution is -2.29. The van der Waals surface area contributed by atoms with Crippen molar-refractivity contribution in [2.45, 2.75) is 25.3 Å². The Morgan fingerprint density at radius 3 is 2.67 bits per heavy atom. The van der Waals surface area contributed by atoms with E-state index in [0.717, 1.165) is 13.0 Å². The second kappa shape index (κ2) is 2.56. The summed E-state index contributed by atoms with van der Waals surface area (Å²) in [6.45, 7) is 2.66. The maximum absolute atomic E-state index is 10.9. The molecular weight excluding hydrogens is 138 g/mol. The number of likely N-dealkylation sites (tertiary alicyclic amines) is 1. The third-order valence-corrected chi connectivity index (χ3v) is 1.78. The Balaban J connectivity index is 2.49. The lowest BCUT2D eigenvalue weighted by molar-refractivity contribution is -0.128. The number of halogens is 1.